The summed E-state index contributed by atoms with van der Waals surface area (Å²) in [6.07, 6.45) is 6.76. The lowest BCUT2D eigenvalue weighted by molar-refractivity contribution is 0.0594. The summed E-state index contributed by atoms with van der Waals surface area (Å²) >= 11 is 0. The Hall–Kier alpha value is -3.00. The summed E-state index contributed by atoms with van der Waals surface area (Å²) in [5, 5.41) is 4.10. The van der Waals surface area contributed by atoms with Gasteiger partial charge in [0.25, 0.3) is 11.5 Å². The van der Waals surface area contributed by atoms with Gasteiger partial charge >= 0.3 is 0 Å². The Bertz CT molecular complexity index is 1210. The first-order valence-electron chi connectivity index (χ1n) is 11.2. The van der Waals surface area contributed by atoms with E-state index in [1.165, 1.54) is 19.2 Å². The van der Waals surface area contributed by atoms with Gasteiger partial charge in [-0.25, -0.2) is 9.50 Å². The van der Waals surface area contributed by atoms with Crippen molar-refractivity contribution in [2.75, 3.05) is 26.2 Å². The first kappa shape index (κ1) is 18.7. The number of nitrogens with zero attached hydrogens (tertiary/aromatic N) is 6. The summed E-state index contributed by atoms with van der Waals surface area (Å²) < 4.78 is 3.65. The number of rotatable bonds is 3. The predicted octanol–water partition coefficient (Wildman–Crippen LogP) is 1.75. The first-order valence-corrected chi connectivity index (χ1v) is 11.2. The molecule has 0 aromatic carbocycles. The number of aromatic nitrogens is 4. The molecule has 0 spiro atoms. The normalized spacial score (nSPS) is 23.3. The van der Waals surface area contributed by atoms with Crippen molar-refractivity contribution in [3.05, 3.63) is 64.0 Å². The minimum Gasteiger partial charge on any atom is -0.338 e. The van der Waals surface area contributed by atoms with Crippen LogP contribution in [0.1, 0.15) is 46.8 Å². The van der Waals surface area contributed by atoms with Crippen LogP contribution in [0.15, 0.2) is 41.6 Å². The van der Waals surface area contributed by atoms with Crippen molar-refractivity contribution in [3.63, 3.8) is 0 Å². The lowest BCUT2D eigenvalue weighted by Crippen LogP contribution is -2.49. The number of carbonyl (C=O) groups is 1. The molecule has 2 atom stereocenters. The molecule has 0 aliphatic carbocycles. The SMILES string of the molecule is O=C(c1ccn2ncnc2c1)N1C[C@@H]2C[C@H](C1)c1ccc(CN3CCCC3)c(=O)n1C2. The summed E-state index contributed by atoms with van der Waals surface area (Å²) in [7, 11) is 0. The van der Waals surface area contributed by atoms with Crippen molar-refractivity contribution in [3.8, 4) is 0 Å². The Kier molecular flexibility index (Phi) is 4.41. The second-order valence-corrected chi connectivity index (χ2v) is 9.17. The second-order valence-electron chi connectivity index (χ2n) is 9.17. The monoisotopic (exact) mass is 418 g/mol. The zero-order chi connectivity index (χ0) is 20.9. The van der Waals surface area contributed by atoms with E-state index in [4.69, 9.17) is 0 Å². The van der Waals surface area contributed by atoms with Crippen LogP contribution in [0.5, 0.6) is 0 Å². The average molecular weight is 419 g/mol. The molecule has 3 aromatic rings. The van der Waals surface area contributed by atoms with Gasteiger partial charge in [0.1, 0.15) is 6.33 Å². The van der Waals surface area contributed by atoms with E-state index in [0.29, 0.717) is 36.8 Å². The third kappa shape index (κ3) is 3.26. The fraction of sp³-hybridized carbons (Fsp3) is 0.478. The molecule has 0 unspecified atom stereocenters. The number of hydrogen-bond donors (Lipinski definition) is 0. The van der Waals surface area contributed by atoms with Gasteiger partial charge in [0.05, 0.1) is 0 Å². The number of likely N-dealkylation sites (tertiary alicyclic amines) is 2. The molecule has 2 saturated heterocycles. The fourth-order valence-electron chi connectivity index (χ4n) is 5.59. The highest BCUT2D eigenvalue weighted by Crippen LogP contribution is 2.35. The predicted molar refractivity (Wildman–Crippen MR) is 115 cm³/mol. The van der Waals surface area contributed by atoms with Crippen molar-refractivity contribution >= 4 is 11.6 Å². The average Bonchev–Trinajstić information content (AvgIpc) is 3.46. The number of piperidine rings is 1. The lowest BCUT2D eigenvalue weighted by atomic mass is 9.82. The summed E-state index contributed by atoms with van der Waals surface area (Å²) in [5.41, 5.74) is 3.46. The van der Waals surface area contributed by atoms with E-state index in [-0.39, 0.29) is 17.4 Å². The third-order valence-electron chi connectivity index (χ3n) is 7.09. The highest BCUT2D eigenvalue weighted by Gasteiger charge is 2.37. The molecule has 3 aromatic heterocycles. The molecule has 2 bridgehead atoms. The van der Waals surface area contributed by atoms with E-state index in [2.05, 4.69) is 21.0 Å². The molecule has 160 valence electrons. The molecule has 1 amide bonds. The van der Waals surface area contributed by atoms with Gasteiger partial charge in [-0.1, -0.05) is 6.07 Å². The maximum atomic E-state index is 13.2. The van der Waals surface area contributed by atoms with E-state index in [0.717, 1.165) is 37.3 Å². The Morgan fingerprint density at radius 2 is 1.97 bits per heavy atom. The molecule has 8 nitrogen and oxygen atoms in total. The molecule has 0 radical (unpaired) electrons. The zero-order valence-corrected chi connectivity index (χ0v) is 17.5. The molecular formula is C23H26N6O2. The van der Waals surface area contributed by atoms with Crippen molar-refractivity contribution in [2.24, 2.45) is 5.92 Å². The van der Waals surface area contributed by atoms with Gasteiger partial charge in [-0.2, -0.15) is 5.10 Å². The van der Waals surface area contributed by atoms with E-state index in [1.807, 2.05) is 15.5 Å². The minimum absolute atomic E-state index is 0.0293. The highest BCUT2D eigenvalue weighted by atomic mass is 16.2. The van der Waals surface area contributed by atoms with Crippen LogP contribution in [0.3, 0.4) is 0 Å². The van der Waals surface area contributed by atoms with Crippen molar-refractivity contribution in [1.29, 1.82) is 0 Å². The van der Waals surface area contributed by atoms with Crippen LogP contribution in [-0.4, -0.2) is 61.1 Å². The van der Waals surface area contributed by atoms with Gasteiger partial charge in [-0.15, -0.1) is 0 Å². The Balaban J connectivity index is 1.25. The number of carbonyl (C=O) groups excluding carboxylic acids is 1. The Morgan fingerprint density at radius 3 is 2.84 bits per heavy atom. The maximum Gasteiger partial charge on any atom is 0.255 e. The molecular weight excluding hydrogens is 392 g/mol. The Labute approximate surface area is 180 Å². The number of fused-ring (bicyclic) bond motifs is 5. The van der Waals surface area contributed by atoms with Crippen LogP contribution < -0.4 is 5.56 Å². The molecule has 8 heteroatoms. The quantitative estimate of drug-likeness (QED) is 0.648. The van der Waals surface area contributed by atoms with Crippen LogP contribution in [-0.2, 0) is 13.1 Å². The summed E-state index contributed by atoms with van der Waals surface area (Å²) in [6.45, 7) is 4.97. The highest BCUT2D eigenvalue weighted by molar-refractivity contribution is 5.95. The first-order chi connectivity index (χ1) is 15.2. The molecule has 3 aliphatic heterocycles. The van der Waals surface area contributed by atoms with Gasteiger partial charge in [-0.3, -0.25) is 14.5 Å². The van der Waals surface area contributed by atoms with Crippen LogP contribution in [0.25, 0.3) is 5.65 Å². The molecule has 31 heavy (non-hydrogen) atoms. The van der Waals surface area contributed by atoms with Gasteiger partial charge in [0, 0.05) is 55.1 Å². The van der Waals surface area contributed by atoms with Gasteiger partial charge in [0.2, 0.25) is 0 Å². The van der Waals surface area contributed by atoms with Crippen molar-refractivity contribution in [2.45, 2.75) is 38.3 Å². The molecule has 0 N–H and O–H groups in total. The lowest BCUT2D eigenvalue weighted by Gasteiger charge is -2.43. The van der Waals surface area contributed by atoms with Gasteiger partial charge in [-0.05, 0) is 56.5 Å². The summed E-state index contributed by atoms with van der Waals surface area (Å²) in [6, 6.07) is 7.75. The summed E-state index contributed by atoms with van der Waals surface area (Å²) in [4.78, 5) is 34.9. The number of hydrogen-bond acceptors (Lipinski definition) is 5. The molecule has 2 fully saturated rings. The van der Waals surface area contributed by atoms with Crippen molar-refractivity contribution < 1.29 is 4.79 Å². The molecule has 6 rings (SSSR count). The third-order valence-corrected chi connectivity index (χ3v) is 7.09. The smallest absolute Gasteiger partial charge is 0.255 e. The maximum absolute atomic E-state index is 13.2. The minimum atomic E-state index is 0.0293. The fourth-order valence-corrected chi connectivity index (χ4v) is 5.59. The molecule has 6 heterocycles. The van der Waals surface area contributed by atoms with Crippen LogP contribution >= 0.6 is 0 Å². The van der Waals surface area contributed by atoms with Crippen molar-refractivity contribution in [1.82, 2.24) is 29.0 Å². The van der Waals surface area contributed by atoms with E-state index >= 15 is 0 Å². The Morgan fingerprint density at radius 1 is 1.10 bits per heavy atom. The van der Waals surface area contributed by atoms with Crippen LogP contribution in [0.2, 0.25) is 0 Å². The zero-order valence-electron chi connectivity index (χ0n) is 17.5. The van der Waals surface area contributed by atoms with E-state index in [1.54, 1.807) is 22.8 Å². The number of amides is 1. The van der Waals surface area contributed by atoms with Crippen LogP contribution in [0.4, 0.5) is 0 Å². The topological polar surface area (TPSA) is 75.7 Å². The molecule has 0 saturated carbocycles. The van der Waals surface area contributed by atoms with E-state index < -0.39 is 0 Å². The number of pyridine rings is 2. The van der Waals surface area contributed by atoms with E-state index in [9.17, 15) is 9.59 Å². The van der Waals surface area contributed by atoms with Gasteiger partial charge in [0.15, 0.2) is 5.65 Å². The summed E-state index contributed by atoms with van der Waals surface area (Å²) in [5.74, 6) is 0.551. The van der Waals surface area contributed by atoms with Crippen LogP contribution in [0, 0.1) is 5.92 Å². The second kappa shape index (κ2) is 7.30. The van der Waals surface area contributed by atoms with Gasteiger partial charge < -0.3 is 9.47 Å². The standard InChI is InChI=1S/C23H26N6O2/c30-22(17-5-8-29-21(10-17)24-15-25-29)27-11-16-9-19(14-27)20-4-3-18(23(31)28(20)12-16)13-26-6-1-2-7-26/h3-5,8,10,15-16,19H,1-2,6-7,9,11-14H2/t16-,19+/m0/s1. The molecule has 3 aliphatic rings. The largest absolute Gasteiger partial charge is 0.338 e.